The summed E-state index contributed by atoms with van der Waals surface area (Å²) < 4.78 is 257. The first-order valence-corrected chi connectivity index (χ1v) is 21.5. The van der Waals surface area contributed by atoms with Gasteiger partial charge in [0.1, 0.15) is 52.4 Å². The van der Waals surface area contributed by atoms with Gasteiger partial charge >= 0.3 is 0 Å². The van der Waals surface area contributed by atoms with Crippen molar-refractivity contribution in [2.45, 2.75) is 55.4 Å². The summed E-state index contributed by atoms with van der Waals surface area (Å²) in [4.78, 5) is 0. The molecule has 77 heavy (non-hydrogen) atoms. The molecule has 0 aromatic heterocycles. The van der Waals surface area contributed by atoms with Gasteiger partial charge in [0.25, 0.3) is 0 Å². The summed E-state index contributed by atoms with van der Waals surface area (Å²) in [6.07, 6.45) is 0. The second-order valence-electron chi connectivity index (χ2n) is 15.8. The summed E-state index contributed by atoms with van der Waals surface area (Å²) in [6, 6.07) is 19.0. The van der Waals surface area contributed by atoms with Crippen molar-refractivity contribution in [2.24, 2.45) is 0 Å². The lowest BCUT2D eigenvalue weighted by molar-refractivity contribution is 0.443. The first kappa shape index (κ1) is 67.3. The van der Waals surface area contributed by atoms with Crippen LogP contribution in [-0.2, 0) is 0 Å². The molecule has 0 atom stereocenters. The average molecular weight is 1110 g/mol. The SMILES string of the molecule is Cc1c(F)cc(F)cc1F.Cc1c(F)ccc(F)c1F.Cc1cc(F)c(F)c(F)c1.Cc1cc(F)cc(F)c1.Cc1cc(F)cc(F)c1F.Cc1cc(F)ccc1F.Cc1ccc(F)c(F)c1.Cc1ccc(F)c(F)c1F. The maximum atomic E-state index is 12.4. The first-order valence-electron chi connectivity index (χ1n) is 21.5. The van der Waals surface area contributed by atoms with Crippen LogP contribution in [0.2, 0.25) is 0 Å². The Hall–Kier alpha value is -7.71. The number of hydrogen-bond donors (Lipinski definition) is 0. The molecule has 0 spiro atoms. The second-order valence-corrected chi connectivity index (χ2v) is 15.8. The average Bonchev–Trinajstić information content (AvgIpc) is 3.34. The molecule has 0 bridgehead atoms. The zero-order chi connectivity index (χ0) is 59.2. The van der Waals surface area contributed by atoms with Crippen LogP contribution in [0.3, 0.4) is 0 Å². The molecule has 0 amide bonds. The minimum atomic E-state index is -1.41. The summed E-state index contributed by atoms with van der Waals surface area (Å²) >= 11 is 0. The molecular weight excluding hydrogens is 1070 g/mol. The summed E-state index contributed by atoms with van der Waals surface area (Å²) in [5.41, 5.74) is 1.71. The largest absolute Gasteiger partial charge is 0.207 e. The fraction of sp³-hybridized carbons (Fsp3) is 0.143. The van der Waals surface area contributed by atoms with Crippen molar-refractivity contribution in [3.8, 4) is 0 Å². The first-order chi connectivity index (χ1) is 35.7. The maximum absolute atomic E-state index is 12.4. The Balaban J connectivity index is 0.000000440. The van der Waals surface area contributed by atoms with Crippen molar-refractivity contribution in [2.75, 3.05) is 0 Å². The number of rotatable bonds is 0. The molecule has 0 saturated heterocycles. The van der Waals surface area contributed by atoms with Crippen molar-refractivity contribution < 1.29 is 92.2 Å². The molecule has 0 aliphatic rings. The quantitative estimate of drug-likeness (QED) is 0.0806. The van der Waals surface area contributed by atoms with Gasteiger partial charge in [0.05, 0.1) is 0 Å². The Labute approximate surface area is 428 Å². The van der Waals surface area contributed by atoms with Gasteiger partial charge in [0.2, 0.25) is 0 Å². The van der Waals surface area contributed by atoms with Crippen LogP contribution in [0.25, 0.3) is 0 Å². The third-order valence-corrected chi connectivity index (χ3v) is 9.25. The van der Waals surface area contributed by atoms with Gasteiger partial charge in [-0.3, -0.25) is 0 Å². The minimum absolute atomic E-state index is 0.0162. The molecule has 0 N–H and O–H groups in total. The van der Waals surface area contributed by atoms with E-state index in [1.165, 1.54) is 65.8 Å². The van der Waals surface area contributed by atoms with Gasteiger partial charge in [-0.05, 0) is 168 Å². The maximum Gasteiger partial charge on any atom is 0.194 e. The highest BCUT2D eigenvalue weighted by Crippen LogP contribution is 2.17. The van der Waals surface area contributed by atoms with Crippen LogP contribution in [0, 0.1) is 178 Å². The molecule has 0 nitrogen and oxygen atoms in total. The molecule has 8 rings (SSSR count). The van der Waals surface area contributed by atoms with Crippen molar-refractivity contribution in [1.29, 1.82) is 0 Å². The number of aryl methyl sites for hydroxylation is 6. The van der Waals surface area contributed by atoms with E-state index in [9.17, 15) is 92.2 Å². The van der Waals surface area contributed by atoms with Crippen LogP contribution in [-0.4, -0.2) is 0 Å². The van der Waals surface area contributed by atoms with E-state index in [0.29, 0.717) is 34.9 Å². The van der Waals surface area contributed by atoms with E-state index in [4.69, 9.17) is 0 Å². The van der Waals surface area contributed by atoms with Gasteiger partial charge in [-0.25, -0.2) is 92.2 Å². The molecular formula is C56H43F21. The van der Waals surface area contributed by atoms with E-state index in [-0.39, 0.29) is 28.1 Å². The topological polar surface area (TPSA) is 0 Å². The van der Waals surface area contributed by atoms with E-state index in [1.807, 2.05) is 0 Å². The third kappa shape index (κ3) is 23.8. The van der Waals surface area contributed by atoms with Crippen molar-refractivity contribution >= 4 is 0 Å². The summed E-state index contributed by atoms with van der Waals surface area (Å²) in [6.45, 7) is 11.5. The highest BCUT2D eigenvalue weighted by Gasteiger charge is 2.11. The fourth-order valence-corrected chi connectivity index (χ4v) is 5.13. The normalized spacial score (nSPS) is 9.88. The van der Waals surface area contributed by atoms with Gasteiger partial charge in [0.15, 0.2) is 69.8 Å². The number of halogens is 21. The van der Waals surface area contributed by atoms with Crippen LogP contribution >= 0.6 is 0 Å². The molecule has 0 radical (unpaired) electrons. The standard InChI is InChI=1S/5C7H5F3.3C7H6F2/c1-4-6(9)2-5(8)3-7(4)10;1-4-2-5(8)3-6(9)7(4)10;1-4-2-5(8)7(10)6(9)3-4;1-4-5(8)2-3-6(9)7(4)10;1-4-2-3-5(8)7(10)6(4)9;1-5-2-6(8)4-7(9)3-5;1-5-4-6(8)2-3-7(5)9;1-5-2-3-6(8)7(9)4-5/h5*2-3H,1H3;3*2-4H,1H3. The molecule has 0 fully saturated rings. The molecule has 0 unspecified atom stereocenters. The highest BCUT2D eigenvalue weighted by atomic mass is 19.2. The molecule has 0 saturated carbocycles. The monoisotopic (exact) mass is 1110 g/mol. The van der Waals surface area contributed by atoms with Crippen molar-refractivity contribution in [3.63, 3.8) is 0 Å². The third-order valence-electron chi connectivity index (χ3n) is 9.25. The van der Waals surface area contributed by atoms with Gasteiger partial charge in [-0.1, -0.05) is 12.1 Å². The molecule has 414 valence electrons. The Morgan fingerprint density at radius 2 is 0.571 bits per heavy atom. The van der Waals surface area contributed by atoms with E-state index in [0.717, 1.165) is 78.4 Å². The molecule has 0 aliphatic carbocycles. The van der Waals surface area contributed by atoms with E-state index in [1.54, 1.807) is 13.8 Å². The molecule has 0 aliphatic heterocycles. The Morgan fingerprint density at radius 1 is 0.182 bits per heavy atom. The minimum Gasteiger partial charge on any atom is -0.207 e. The Morgan fingerprint density at radius 3 is 1.01 bits per heavy atom. The summed E-state index contributed by atoms with van der Waals surface area (Å²) in [5.74, 6) is -19.0. The lowest BCUT2D eigenvalue weighted by atomic mass is 10.2. The zero-order valence-corrected chi connectivity index (χ0v) is 41.4. The highest BCUT2D eigenvalue weighted by molar-refractivity contribution is 5.23. The molecule has 8 aromatic carbocycles. The molecule has 8 aromatic rings. The van der Waals surface area contributed by atoms with Crippen LogP contribution < -0.4 is 0 Å². The summed E-state index contributed by atoms with van der Waals surface area (Å²) in [7, 11) is 0. The Kier molecular flexibility index (Phi) is 28.0. The van der Waals surface area contributed by atoms with Gasteiger partial charge in [0, 0.05) is 35.4 Å². The molecule has 21 heteroatoms. The summed E-state index contributed by atoms with van der Waals surface area (Å²) in [5, 5.41) is 0. The van der Waals surface area contributed by atoms with Crippen LogP contribution in [0.4, 0.5) is 92.2 Å². The van der Waals surface area contributed by atoms with E-state index < -0.39 is 116 Å². The predicted molar refractivity (Wildman–Crippen MR) is 249 cm³/mol. The van der Waals surface area contributed by atoms with Gasteiger partial charge in [-0.15, -0.1) is 0 Å². The van der Waals surface area contributed by atoms with Gasteiger partial charge < -0.3 is 0 Å². The van der Waals surface area contributed by atoms with Gasteiger partial charge in [-0.2, -0.15) is 0 Å². The van der Waals surface area contributed by atoms with E-state index >= 15 is 0 Å². The van der Waals surface area contributed by atoms with Crippen LogP contribution in [0.15, 0.2) is 115 Å². The van der Waals surface area contributed by atoms with E-state index in [2.05, 4.69) is 0 Å². The fourth-order valence-electron chi connectivity index (χ4n) is 5.13. The van der Waals surface area contributed by atoms with Crippen molar-refractivity contribution in [3.05, 3.63) is 282 Å². The van der Waals surface area contributed by atoms with Crippen LogP contribution in [0.1, 0.15) is 44.5 Å². The van der Waals surface area contributed by atoms with Crippen LogP contribution in [0.5, 0.6) is 0 Å². The predicted octanol–water partition coefficient (Wildman–Crippen LogP) is 18.9. The van der Waals surface area contributed by atoms with Crippen molar-refractivity contribution in [1.82, 2.24) is 0 Å². The second kappa shape index (κ2) is 32.0. The lowest BCUT2D eigenvalue weighted by Gasteiger charge is -1.97. The lowest BCUT2D eigenvalue weighted by Crippen LogP contribution is -1.92. The number of hydrogen-bond acceptors (Lipinski definition) is 0. The Bertz CT molecular complexity index is 2800. The smallest absolute Gasteiger partial charge is 0.194 e. The zero-order valence-electron chi connectivity index (χ0n) is 41.4. The molecule has 0 heterocycles. The number of benzene rings is 8.